The molecule has 6 nitrogen and oxygen atoms in total. The Labute approximate surface area is 123 Å². The molecule has 1 N–H and O–H groups in total. The molecule has 2 heterocycles. The van der Waals surface area contributed by atoms with Crippen molar-refractivity contribution in [2.75, 3.05) is 13.2 Å². The normalized spacial score (nSPS) is 23.7. The number of alkyl carbamates (subject to hydrolysis) is 1. The zero-order valence-electron chi connectivity index (χ0n) is 11.7. The van der Waals surface area contributed by atoms with Gasteiger partial charge in [-0.15, -0.1) is 0 Å². The average Bonchev–Trinajstić information content (AvgIpc) is 2.95. The van der Waals surface area contributed by atoms with Gasteiger partial charge in [-0.1, -0.05) is 35.5 Å². The van der Waals surface area contributed by atoms with Crippen LogP contribution in [0, 0.1) is 5.92 Å². The second-order valence-electron chi connectivity index (χ2n) is 5.09. The van der Waals surface area contributed by atoms with Crippen molar-refractivity contribution in [3.63, 3.8) is 0 Å². The van der Waals surface area contributed by atoms with E-state index >= 15 is 0 Å². The Morgan fingerprint density at radius 3 is 3.10 bits per heavy atom. The zero-order valence-corrected chi connectivity index (χ0v) is 11.7. The Balaban J connectivity index is 1.42. The molecule has 2 aliphatic heterocycles. The maximum absolute atomic E-state index is 11.7. The number of benzene rings is 1. The Bertz CT molecular complexity index is 518. The molecule has 0 aliphatic carbocycles. The molecule has 3 rings (SSSR count). The quantitative estimate of drug-likeness (QED) is 0.921. The van der Waals surface area contributed by atoms with Gasteiger partial charge in [-0.05, 0) is 18.4 Å². The minimum Gasteiger partial charge on any atom is -0.445 e. The standard InChI is InChI=1S/C15H18N2O4/c18-15(20-10-11-5-2-1-3-6-11)16-9-13-12-7-4-8-19-14(12)21-17-13/h1-3,5-6,12,14H,4,7-10H2,(H,16,18). The minimum atomic E-state index is -0.457. The molecule has 1 aromatic carbocycles. The molecule has 1 fully saturated rings. The Hall–Kier alpha value is -2.08. The lowest BCUT2D eigenvalue weighted by Gasteiger charge is -2.23. The van der Waals surface area contributed by atoms with Crippen molar-refractivity contribution >= 4 is 11.8 Å². The number of ether oxygens (including phenoxy) is 2. The minimum absolute atomic E-state index is 0.146. The lowest BCUT2D eigenvalue weighted by atomic mass is 9.95. The second kappa shape index (κ2) is 6.58. The van der Waals surface area contributed by atoms with E-state index in [0.29, 0.717) is 13.2 Å². The van der Waals surface area contributed by atoms with E-state index in [4.69, 9.17) is 14.3 Å². The number of hydrogen-bond donors (Lipinski definition) is 1. The van der Waals surface area contributed by atoms with Gasteiger partial charge in [-0.25, -0.2) is 4.79 Å². The largest absolute Gasteiger partial charge is 0.445 e. The van der Waals surface area contributed by atoms with Gasteiger partial charge in [-0.2, -0.15) is 0 Å². The van der Waals surface area contributed by atoms with Crippen LogP contribution in [0.5, 0.6) is 0 Å². The second-order valence-corrected chi connectivity index (χ2v) is 5.09. The van der Waals surface area contributed by atoms with Crippen LogP contribution in [0.1, 0.15) is 18.4 Å². The predicted molar refractivity (Wildman–Crippen MR) is 75.6 cm³/mol. The van der Waals surface area contributed by atoms with Gasteiger partial charge in [0.1, 0.15) is 6.61 Å². The fraction of sp³-hybridized carbons (Fsp3) is 0.467. The van der Waals surface area contributed by atoms with E-state index in [-0.39, 0.29) is 18.8 Å². The highest BCUT2D eigenvalue weighted by atomic mass is 16.8. The van der Waals surface area contributed by atoms with E-state index < -0.39 is 6.09 Å². The first-order valence-electron chi connectivity index (χ1n) is 7.11. The summed E-state index contributed by atoms with van der Waals surface area (Å²) < 4.78 is 10.6. The van der Waals surface area contributed by atoms with Crippen molar-refractivity contribution in [3.05, 3.63) is 35.9 Å². The molecule has 6 heteroatoms. The maximum Gasteiger partial charge on any atom is 0.407 e. The number of hydrogen-bond acceptors (Lipinski definition) is 5. The molecule has 0 saturated carbocycles. The van der Waals surface area contributed by atoms with E-state index in [9.17, 15) is 4.79 Å². The summed E-state index contributed by atoms with van der Waals surface area (Å²) in [4.78, 5) is 16.9. The number of oxime groups is 1. The van der Waals surface area contributed by atoms with Gasteiger partial charge in [0.2, 0.25) is 6.29 Å². The summed E-state index contributed by atoms with van der Waals surface area (Å²) in [6.45, 7) is 1.29. The Kier molecular flexibility index (Phi) is 4.35. The van der Waals surface area contributed by atoms with Crippen LogP contribution in [0.2, 0.25) is 0 Å². The number of nitrogens with zero attached hydrogens (tertiary/aromatic N) is 1. The van der Waals surface area contributed by atoms with Gasteiger partial charge in [-0.3, -0.25) is 0 Å². The third kappa shape index (κ3) is 3.52. The molecule has 2 atom stereocenters. The molecular weight excluding hydrogens is 272 g/mol. The van der Waals surface area contributed by atoms with Crippen LogP contribution >= 0.6 is 0 Å². The molecule has 1 amide bonds. The first-order chi connectivity index (χ1) is 10.3. The van der Waals surface area contributed by atoms with Crippen LogP contribution in [-0.4, -0.2) is 31.2 Å². The van der Waals surface area contributed by atoms with Gasteiger partial charge in [0.05, 0.1) is 24.8 Å². The fourth-order valence-electron chi connectivity index (χ4n) is 2.47. The van der Waals surface area contributed by atoms with Crippen molar-refractivity contribution in [2.24, 2.45) is 11.1 Å². The monoisotopic (exact) mass is 290 g/mol. The van der Waals surface area contributed by atoms with Gasteiger partial charge in [0, 0.05) is 0 Å². The first-order valence-corrected chi connectivity index (χ1v) is 7.11. The molecule has 21 heavy (non-hydrogen) atoms. The van der Waals surface area contributed by atoms with Crippen LogP contribution < -0.4 is 5.32 Å². The first kappa shape index (κ1) is 13.9. The van der Waals surface area contributed by atoms with Crippen LogP contribution in [0.3, 0.4) is 0 Å². The lowest BCUT2D eigenvalue weighted by Crippen LogP contribution is -2.37. The highest BCUT2D eigenvalue weighted by Crippen LogP contribution is 2.28. The molecule has 0 radical (unpaired) electrons. The highest BCUT2D eigenvalue weighted by Gasteiger charge is 2.37. The van der Waals surface area contributed by atoms with Crippen molar-refractivity contribution in [1.29, 1.82) is 0 Å². The number of amides is 1. The smallest absolute Gasteiger partial charge is 0.407 e. The van der Waals surface area contributed by atoms with Gasteiger partial charge >= 0.3 is 6.09 Å². The zero-order chi connectivity index (χ0) is 14.5. The third-order valence-corrected chi connectivity index (χ3v) is 3.60. The number of nitrogens with one attached hydrogen (secondary N) is 1. The topological polar surface area (TPSA) is 69.2 Å². The molecule has 1 aromatic rings. The molecular formula is C15H18N2O4. The van der Waals surface area contributed by atoms with Crippen LogP contribution in [0.4, 0.5) is 4.79 Å². The van der Waals surface area contributed by atoms with Crippen molar-refractivity contribution in [2.45, 2.75) is 25.7 Å². The molecule has 0 spiro atoms. The summed E-state index contributed by atoms with van der Waals surface area (Å²) in [7, 11) is 0. The number of carbonyl (C=O) groups is 1. The molecule has 112 valence electrons. The maximum atomic E-state index is 11.7. The molecule has 2 aliphatic rings. The van der Waals surface area contributed by atoms with Crippen molar-refractivity contribution < 1.29 is 19.1 Å². The Morgan fingerprint density at radius 1 is 1.38 bits per heavy atom. The molecule has 2 unspecified atom stereocenters. The SMILES string of the molecule is O=C(NCC1=NOC2OCCCC12)OCc1ccccc1. The number of rotatable bonds is 4. The van der Waals surface area contributed by atoms with Crippen molar-refractivity contribution in [3.8, 4) is 0 Å². The highest BCUT2D eigenvalue weighted by molar-refractivity contribution is 5.91. The van der Waals surface area contributed by atoms with Gasteiger partial charge in [0.25, 0.3) is 0 Å². The summed E-state index contributed by atoms with van der Waals surface area (Å²) in [5.41, 5.74) is 1.77. The third-order valence-electron chi connectivity index (χ3n) is 3.60. The van der Waals surface area contributed by atoms with Gasteiger partial charge in [0.15, 0.2) is 0 Å². The summed E-state index contributed by atoms with van der Waals surface area (Å²) >= 11 is 0. The number of carbonyl (C=O) groups excluding carboxylic acids is 1. The summed E-state index contributed by atoms with van der Waals surface area (Å²) in [5, 5.41) is 6.69. The summed E-state index contributed by atoms with van der Waals surface area (Å²) in [5.74, 6) is 0.146. The molecule has 0 bridgehead atoms. The van der Waals surface area contributed by atoms with Crippen molar-refractivity contribution in [1.82, 2.24) is 5.32 Å². The summed E-state index contributed by atoms with van der Waals surface area (Å²) in [6.07, 6.45) is 1.23. The van der Waals surface area contributed by atoms with E-state index in [1.165, 1.54) is 0 Å². The van der Waals surface area contributed by atoms with Crippen LogP contribution in [0.15, 0.2) is 35.5 Å². The molecule has 0 aromatic heterocycles. The fourth-order valence-corrected chi connectivity index (χ4v) is 2.47. The average molecular weight is 290 g/mol. The van der Waals surface area contributed by atoms with Gasteiger partial charge < -0.3 is 19.6 Å². The van der Waals surface area contributed by atoms with Crippen LogP contribution in [-0.2, 0) is 20.9 Å². The van der Waals surface area contributed by atoms with E-state index in [1.807, 2.05) is 30.3 Å². The number of fused-ring (bicyclic) bond motifs is 1. The Morgan fingerprint density at radius 2 is 2.24 bits per heavy atom. The van der Waals surface area contributed by atoms with E-state index in [2.05, 4.69) is 10.5 Å². The lowest BCUT2D eigenvalue weighted by molar-refractivity contribution is -0.162. The van der Waals surface area contributed by atoms with E-state index in [0.717, 1.165) is 24.1 Å². The molecule has 1 saturated heterocycles. The summed E-state index contributed by atoms with van der Waals surface area (Å²) in [6, 6.07) is 9.55. The van der Waals surface area contributed by atoms with E-state index in [1.54, 1.807) is 0 Å². The predicted octanol–water partition coefficient (Wildman–Crippen LogP) is 2.05. The van der Waals surface area contributed by atoms with Crippen LogP contribution in [0.25, 0.3) is 0 Å².